The van der Waals surface area contributed by atoms with Gasteiger partial charge >= 0.3 is 5.97 Å². The second-order valence-electron chi connectivity index (χ2n) is 9.84. The molecule has 26 heavy (non-hydrogen) atoms. The van der Waals surface area contributed by atoms with Gasteiger partial charge in [-0.2, -0.15) is 0 Å². The van der Waals surface area contributed by atoms with Gasteiger partial charge in [0, 0.05) is 4.92 Å². The molecule has 5 heteroatoms. The highest BCUT2D eigenvalue weighted by atomic mass is 16.6. The fourth-order valence-electron chi connectivity index (χ4n) is 5.55. The standard InChI is InChI=1S/C21H33NO4/c1-20(2,3)26-19(23)13-21(14-22(24)25)12-17-10-16(11-18(17)21)9-15-7-5-4-6-8-15/h11,15,17-18H,4-10,12-14H2,1-3H3/t17-,18-,21-/m0/s1. The summed E-state index contributed by atoms with van der Waals surface area (Å²) >= 11 is 0. The first kappa shape index (κ1) is 19.4. The van der Waals surface area contributed by atoms with Crippen LogP contribution in [0, 0.1) is 33.3 Å². The lowest BCUT2D eigenvalue weighted by molar-refractivity contribution is -0.506. The van der Waals surface area contributed by atoms with Crippen molar-refractivity contribution in [1.82, 2.24) is 0 Å². The first-order valence-electron chi connectivity index (χ1n) is 10.2. The number of nitro groups is 1. The van der Waals surface area contributed by atoms with Crippen LogP contribution in [0.1, 0.15) is 78.6 Å². The third kappa shape index (κ3) is 4.47. The quantitative estimate of drug-likeness (QED) is 0.291. The Morgan fingerprint density at radius 2 is 2.00 bits per heavy atom. The number of hydrogen-bond acceptors (Lipinski definition) is 4. The number of fused-ring (bicyclic) bond motifs is 1. The first-order chi connectivity index (χ1) is 12.2. The van der Waals surface area contributed by atoms with Crippen LogP contribution in [0.3, 0.4) is 0 Å². The molecule has 3 aliphatic carbocycles. The lowest BCUT2D eigenvalue weighted by Crippen LogP contribution is -2.51. The number of carbonyl (C=O) groups excluding carboxylic acids is 1. The van der Waals surface area contributed by atoms with E-state index in [4.69, 9.17) is 4.74 Å². The zero-order chi connectivity index (χ0) is 18.9. The van der Waals surface area contributed by atoms with Crippen LogP contribution < -0.4 is 0 Å². The maximum absolute atomic E-state index is 12.4. The van der Waals surface area contributed by atoms with Crippen LogP contribution in [0.4, 0.5) is 0 Å². The lowest BCUT2D eigenvalue weighted by atomic mass is 9.53. The molecule has 5 nitrogen and oxygen atoms in total. The zero-order valence-corrected chi connectivity index (χ0v) is 16.5. The lowest BCUT2D eigenvalue weighted by Gasteiger charge is -2.49. The Hall–Kier alpha value is -1.39. The van der Waals surface area contributed by atoms with E-state index in [0.29, 0.717) is 5.92 Å². The van der Waals surface area contributed by atoms with Gasteiger partial charge in [-0.3, -0.25) is 14.9 Å². The molecule has 2 saturated carbocycles. The zero-order valence-electron chi connectivity index (χ0n) is 16.5. The van der Waals surface area contributed by atoms with Gasteiger partial charge in [-0.25, -0.2) is 0 Å². The highest BCUT2D eigenvalue weighted by Gasteiger charge is 2.59. The maximum atomic E-state index is 12.4. The minimum atomic E-state index is -0.548. The highest BCUT2D eigenvalue weighted by Crippen LogP contribution is 2.60. The number of ether oxygens (including phenoxy) is 1. The van der Waals surface area contributed by atoms with Crippen molar-refractivity contribution in [3.05, 3.63) is 21.8 Å². The van der Waals surface area contributed by atoms with Crippen LogP contribution >= 0.6 is 0 Å². The summed E-state index contributed by atoms with van der Waals surface area (Å²) < 4.78 is 5.47. The molecule has 146 valence electrons. The van der Waals surface area contributed by atoms with Crippen LogP contribution in [-0.2, 0) is 9.53 Å². The highest BCUT2D eigenvalue weighted by molar-refractivity contribution is 5.71. The second-order valence-corrected chi connectivity index (χ2v) is 9.84. The molecule has 3 rings (SSSR count). The Labute approximate surface area is 156 Å². The summed E-state index contributed by atoms with van der Waals surface area (Å²) in [4.78, 5) is 23.4. The molecule has 0 aromatic rings. The summed E-state index contributed by atoms with van der Waals surface area (Å²) in [5.41, 5.74) is 0.403. The van der Waals surface area contributed by atoms with Crippen LogP contribution in [0.25, 0.3) is 0 Å². The molecule has 0 amide bonds. The van der Waals surface area contributed by atoms with E-state index in [-0.39, 0.29) is 29.8 Å². The summed E-state index contributed by atoms with van der Waals surface area (Å²) in [5, 5.41) is 11.3. The van der Waals surface area contributed by atoms with Gasteiger partial charge in [-0.1, -0.05) is 43.8 Å². The molecule has 0 aliphatic heterocycles. The normalized spacial score (nSPS) is 31.7. The monoisotopic (exact) mass is 363 g/mol. The van der Waals surface area contributed by atoms with Crippen LogP contribution in [-0.4, -0.2) is 23.0 Å². The van der Waals surface area contributed by atoms with Gasteiger partial charge in [0.15, 0.2) is 0 Å². The van der Waals surface area contributed by atoms with Crippen molar-refractivity contribution < 1.29 is 14.5 Å². The molecule has 0 N–H and O–H groups in total. The molecule has 0 spiro atoms. The van der Waals surface area contributed by atoms with E-state index >= 15 is 0 Å². The first-order valence-corrected chi connectivity index (χ1v) is 10.2. The number of nitrogens with zero attached hydrogens (tertiary/aromatic N) is 1. The van der Waals surface area contributed by atoms with Gasteiger partial charge in [0.05, 0.1) is 11.8 Å². The Bertz CT molecular complexity index is 585. The summed E-state index contributed by atoms with van der Waals surface area (Å²) in [6.45, 7) is 5.39. The van der Waals surface area contributed by atoms with Crippen molar-refractivity contribution in [3.63, 3.8) is 0 Å². The summed E-state index contributed by atoms with van der Waals surface area (Å²) in [5.74, 6) is 1.17. The third-order valence-corrected chi connectivity index (χ3v) is 6.46. The summed E-state index contributed by atoms with van der Waals surface area (Å²) in [7, 11) is 0. The minimum absolute atomic E-state index is 0.124. The molecule has 0 saturated heterocycles. The van der Waals surface area contributed by atoms with E-state index in [1.54, 1.807) is 0 Å². The summed E-state index contributed by atoms with van der Waals surface area (Å²) in [6.07, 6.45) is 12.2. The number of esters is 1. The van der Waals surface area contributed by atoms with E-state index in [1.165, 1.54) is 37.7 Å². The maximum Gasteiger partial charge on any atom is 0.307 e. The van der Waals surface area contributed by atoms with Crippen molar-refractivity contribution in [2.45, 2.75) is 84.2 Å². The average molecular weight is 363 g/mol. The van der Waals surface area contributed by atoms with Gasteiger partial charge < -0.3 is 4.74 Å². The molecule has 3 aliphatic rings. The van der Waals surface area contributed by atoms with E-state index < -0.39 is 11.0 Å². The van der Waals surface area contributed by atoms with E-state index in [1.807, 2.05) is 20.8 Å². The number of carbonyl (C=O) groups is 1. The van der Waals surface area contributed by atoms with Gasteiger partial charge in [-0.05, 0) is 57.8 Å². The molecule has 0 radical (unpaired) electrons. The van der Waals surface area contributed by atoms with Crippen molar-refractivity contribution in [1.29, 1.82) is 0 Å². The minimum Gasteiger partial charge on any atom is -0.460 e. The van der Waals surface area contributed by atoms with Crippen LogP contribution in [0.15, 0.2) is 11.6 Å². The van der Waals surface area contributed by atoms with Gasteiger partial charge in [-0.15, -0.1) is 0 Å². The van der Waals surface area contributed by atoms with E-state index in [0.717, 1.165) is 25.2 Å². The number of hydrogen-bond donors (Lipinski definition) is 0. The molecule has 0 bridgehead atoms. The van der Waals surface area contributed by atoms with Gasteiger partial charge in [0.2, 0.25) is 6.54 Å². The van der Waals surface area contributed by atoms with Crippen molar-refractivity contribution in [2.24, 2.45) is 23.2 Å². The van der Waals surface area contributed by atoms with Gasteiger partial charge in [0.1, 0.15) is 5.60 Å². The molecular formula is C21H33NO4. The fourth-order valence-corrected chi connectivity index (χ4v) is 5.55. The second kappa shape index (κ2) is 7.32. The number of rotatable bonds is 6. The van der Waals surface area contributed by atoms with Crippen LogP contribution in [0.5, 0.6) is 0 Å². The van der Waals surface area contributed by atoms with Crippen LogP contribution in [0.2, 0.25) is 0 Å². The van der Waals surface area contributed by atoms with Gasteiger partial charge in [0.25, 0.3) is 0 Å². The predicted octanol–water partition coefficient (Wildman–Crippen LogP) is 4.92. The predicted molar refractivity (Wildman–Crippen MR) is 100 cm³/mol. The fraction of sp³-hybridized carbons (Fsp3) is 0.857. The molecule has 3 atom stereocenters. The van der Waals surface area contributed by atoms with E-state index in [2.05, 4.69) is 6.08 Å². The molecule has 0 aromatic carbocycles. The topological polar surface area (TPSA) is 69.4 Å². The molecule has 0 aromatic heterocycles. The largest absolute Gasteiger partial charge is 0.460 e. The van der Waals surface area contributed by atoms with E-state index in [9.17, 15) is 14.9 Å². The van der Waals surface area contributed by atoms with Crippen molar-refractivity contribution >= 4 is 5.97 Å². The number of allylic oxidation sites excluding steroid dienone is 2. The molecule has 0 unspecified atom stereocenters. The smallest absolute Gasteiger partial charge is 0.307 e. The SMILES string of the molecule is CC(C)(C)OC(=O)C[C@]1(C[N+](=O)[O-])C[C@@H]2CC(CC3CCCCC3)=C[C@@H]21. The Morgan fingerprint density at radius 1 is 1.31 bits per heavy atom. The third-order valence-electron chi connectivity index (χ3n) is 6.46. The van der Waals surface area contributed by atoms with Crippen molar-refractivity contribution in [2.75, 3.05) is 6.54 Å². The molecular weight excluding hydrogens is 330 g/mol. The van der Waals surface area contributed by atoms with Crippen molar-refractivity contribution in [3.8, 4) is 0 Å². The average Bonchev–Trinajstić information content (AvgIpc) is 2.83. The molecule has 0 heterocycles. The molecule has 2 fully saturated rings. The Kier molecular flexibility index (Phi) is 5.45. The Balaban J connectivity index is 1.67. The summed E-state index contributed by atoms with van der Waals surface area (Å²) in [6, 6.07) is 0. The Morgan fingerprint density at radius 3 is 2.62 bits per heavy atom.